The van der Waals surface area contributed by atoms with Gasteiger partial charge in [-0.15, -0.1) is 0 Å². The van der Waals surface area contributed by atoms with E-state index in [9.17, 15) is 4.79 Å². The SMILES string of the molecule is CCC(CC)NCCCNC(=O)OC(C)(C)C. The molecule has 0 aliphatic carbocycles. The van der Waals surface area contributed by atoms with Gasteiger partial charge < -0.3 is 15.4 Å². The van der Waals surface area contributed by atoms with E-state index >= 15 is 0 Å². The molecule has 0 spiro atoms. The van der Waals surface area contributed by atoms with Crippen molar-refractivity contribution in [3.05, 3.63) is 0 Å². The number of ether oxygens (including phenoxy) is 1. The Morgan fingerprint density at radius 1 is 1.18 bits per heavy atom. The van der Waals surface area contributed by atoms with Crippen molar-refractivity contribution in [1.29, 1.82) is 0 Å². The van der Waals surface area contributed by atoms with Crippen LogP contribution >= 0.6 is 0 Å². The van der Waals surface area contributed by atoms with Crippen molar-refractivity contribution in [3.8, 4) is 0 Å². The molecule has 0 saturated heterocycles. The third-order valence-corrected chi connectivity index (χ3v) is 2.44. The summed E-state index contributed by atoms with van der Waals surface area (Å²) in [5.74, 6) is 0. The maximum atomic E-state index is 11.3. The van der Waals surface area contributed by atoms with E-state index < -0.39 is 5.60 Å². The van der Waals surface area contributed by atoms with Gasteiger partial charge in [0.2, 0.25) is 0 Å². The molecule has 0 saturated carbocycles. The van der Waals surface area contributed by atoms with Crippen LogP contribution in [-0.4, -0.2) is 30.8 Å². The van der Waals surface area contributed by atoms with E-state index in [-0.39, 0.29) is 6.09 Å². The Bertz CT molecular complexity index is 208. The number of carbonyl (C=O) groups excluding carboxylic acids is 1. The molecule has 4 heteroatoms. The van der Waals surface area contributed by atoms with Crippen LogP contribution in [-0.2, 0) is 4.74 Å². The van der Waals surface area contributed by atoms with Crippen molar-refractivity contribution in [3.63, 3.8) is 0 Å². The minimum absolute atomic E-state index is 0.333. The highest BCUT2D eigenvalue weighted by molar-refractivity contribution is 5.67. The van der Waals surface area contributed by atoms with E-state index in [1.54, 1.807) is 0 Å². The molecule has 1 amide bonds. The van der Waals surface area contributed by atoms with E-state index in [1.165, 1.54) is 0 Å². The molecular formula is C13H28N2O2. The molecular weight excluding hydrogens is 216 g/mol. The summed E-state index contributed by atoms with van der Waals surface area (Å²) < 4.78 is 5.14. The summed E-state index contributed by atoms with van der Waals surface area (Å²) in [4.78, 5) is 11.3. The first-order valence-corrected chi connectivity index (χ1v) is 6.59. The molecule has 0 unspecified atom stereocenters. The third kappa shape index (κ3) is 10.1. The second-order valence-electron chi connectivity index (χ2n) is 5.25. The summed E-state index contributed by atoms with van der Waals surface area (Å²) in [7, 11) is 0. The summed E-state index contributed by atoms with van der Waals surface area (Å²) in [6, 6.07) is 0.594. The molecule has 0 rings (SSSR count). The van der Waals surface area contributed by atoms with Crippen LogP contribution < -0.4 is 10.6 Å². The molecule has 0 aliphatic heterocycles. The fourth-order valence-electron chi connectivity index (χ4n) is 1.48. The van der Waals surface area contributed by atoms with Crippen molar-refractivity contribution in [2.75, 3.05) is 13.1 Å². The average Bonchev–Trinajstić information content (AvgIpc) is 2.21. The van der Waals surface area contributed by atoms with Crippen molar-refractivity contribution < 1.29 is 9.53 Å². The summed E-state index contributed by atoms with van der Waals surface area (Å²) in [5, 5.41) is 6.20. The monoisotopic (exact) mass is 244 g/mol. The lowest BCUT2D eigenvalue weighted by molar-refractivity contribution is 0.0527. The summed E-state index contributed by atoms with van der Waals surface area (Å²) in [5.41, 5.74) is -0.419. The zero-order chi connectivity index (χ0) is 13.3. The van der Waals surface area contributed by atoms with Gasteiger partial charge in [-0.2, -0.15) is 0 Å². The Hall–Kier alpha value is -0.770. The summed E-state index contributed by atoms with van der Waals surface area (Å²) >= 11 is 0. The minimum atomic E-state index is -0.419. The van der Waals surface area contributed by atoms with Crippen LogP contribution in [0, 0.1) is 0 Å². The zero-order valence-corrected chi connectivity index (χ0v) is 11.9. The molecule has 2 N–H and O–H groups in total. The largest absolute Gasteiger partial charge is 0.444 e. The molecule has 0 radical (unpaired) electrons. The van der Waals surface area contributed by atoms with Crippen molar-refractivity contribution in [2.45, 2.75) is 65.5 Å². The van der Waals surface area contributed by atoms with Crippen LogP contribution in [0.15, 0.2) is 0 Å². The molecule has 0 atom stereocenters. The van der Waals surface area contributed by atoms with Crippen LogP contribution in [0.4, 0.5) is 4.79 Å². The molecule has 0 bridgehead atoms. The standard InChI is InChI=1S/C13H28N2O2/c1-6-11(7-2)14-9-8-10-15-12(16)17-13(3,4)5/h11,14H,6-10H2,1-5H3,(H,15,16). The first-order chi connectivity index (χ1) is 7.89. The number of hydrogen-bond acceptors (Lipinski definition) is 3. The summed E-state index contributed by atoms with van der Waals surface area (Å²) in [6.45, 7) is 11.5. The number of rotatable bonds is 7. The fraction of sp³-hybridized carbons (Fsp3) is 0.923. The molecule has 0 aromatic heterocycles. The minimum Gasteiger partial charge on any atom is -0.444 e. The lowest BCUT2D eigenvalue weighted by atomic mass is 10.2. The van der Waals surface area contributed by atoms with Crippen LogP contribution in [0.2, 0.25) is 0 Å². The van der Waals surface area contributed by atoms with E-state index in [1.807, 2.05) is 20.8 Å². The second-order valence-corrected chi connectivity index (χ2v) is 5.25. The van der Waals surface area contributed by atoms with Gasteiger partial charge in [0, 0.05) is 12.6 Å². The fourth-order valence-corrected chi connectivity index (χ4v) is 1.48. The lowest BCUT2D eigenvalue weighted by Crippen LogP contribution is -2.35. The zero-order valence-electron chi connectivity index (χ0n) is 11.9. The highest BCUT2D eigenvalue weighted by atomic mass is 16.6. The highest BCUT2D eigenvalue weighted by Crippen LogP contribution is 2.06. The van der Waals surface area contributed by atoms with Gasteiger partial charge in [0.15, 0.2) is 0 Å². The van der Waals surface area contributed by atoms with Gasteiger partial charge in [0.05, 0.1) is 0 Å². The Balaban J connectivity index is 3.49. The molecule has 4 nitrogen and oxygen atoms in total. The Kier molecular flexibility index (Phi) is 7.96. The van der Waals surface area contributed by atoms with Crippen molar-refractivity contribution in [2.24, 2.45) is 0 Å². The predicted octanol–water partition coefficient (Wildman–Crippen LogP) is 2.68. The first-order valence-electron chi connectivity index (χ1n) is 6.59. The molecule has 0 heterocycles. The number of alkyl carbamates (subject to hydrolysis) is 1. The maximum Gasteiger partial charge on any atom is 0.407 e. The molecule has 17 heavy (non-hydrogen) atoms. The molecule has 0 aliphatic rings. The Morgan fingerprint density at radius 3 is 2.24 bits per heavy atom. The Labute approximate surface area is 105 Å². The van der Waals surface area contributed by atoms with E-state index in [2.05, 4.69) is 24.5 Å². The quantitative estimate of drug-likeness (QED) is 0.677. The van der Waals surface area contributed by atoms with E-state index in [0.717, 1.165) is 25.8 Å². The topological polar surface area (TPSA) is 50.4 Å². The van der Waals surface area contributed by atoms with Crippen LogP contribution in [0.3, 0.4) is 0 Å². The van der Waals surface area contributed by atoms with Gasteiger partial charge >= 0.3 is 6.09 Å². The Morgan fingerprint density at radius 2 is 1.76 bits per heavy atom. The van der Waals surface area contributed by atoms with E-state index in [4.69, 9.17) is 4.74 Å². The highest BCUT2D eigenvalue weighted by Gasteiger charge is 2.15. The number of hydrogen-bond donors (Lipinski definition) is 2. The predicted molar refractivity (Wildman–Crippen MR) is 71.2 cm³/mol. The molecule has 102 valence electrons. The van der Waals surface area contributed by atoms with Gasteiger partial charge in [0.25, 0.3) is 0 Å². The average molecular weight is 244 g/mol. The smallest absolute Gasteiger partial charge is 0.407 e. The normalized spacial score (nSPS) is 11.6. The van der Waals surface area contributed by atoms with Gasteiger partial charge in [-0.25, -0.2) is 4.79 Å². The number of nitrogens with one attached hydrogen (secondary N) is 2. The molecule has 0 aromatic rings. The first kappa shape index (κ1) is 16.2. The summed E-state index contributed by atoms with van der Waals surface area (Å²) in [6.07, 6.45) is 2.89. The number of carbonyl (C=O) groups is 1. The van der Waals surface area contributed by atoms with Gasteiger partial charge in [-0.3, -0.25) is 0 Å². The van der Waals surface area contributed by atoms with Gasteiger partial charge in [-0.1, -0.05) is 13.8 Å². The van der Waals surface area contributed by atoms with E-state index in [0.29, 0.717) is 12.6 Å². The van der Waals surface area contributed by atoms with Crippen molar-refractivity contribution in [1.82, 2.24) is 10.6 Å². The van der Waals surface area contributed by atoms with Gasteiger partial charge in [-0.05, 0) is 46.6 Å². The molecule has 0 fully saturated rings. The lowest BCUT2D eigenvalue weighted by Gasteiger charge is -2.20. The van der Waals surface area contributed by atoms with Crippen molar-refractivity contribution >= 4 is 6.09 Å². The van der Waals surface area contributed by atoms with Gasteiger partial charge in [0.1, 0.15) is 5.60 Å². The van der Waals surface area contributed by atoms with Crippen LogP contribution in [0.1, 0.15) is 53.9 Å². The number of amides is 1. The molecule has 0 aromatic carbocycles. The second kappa shape index (κ2) is 8.34. The van der Waals surface area contributed by atoms with Crippen LogP contribution in [0.25, 0.3) is 0 Å². The maximum absolute atomic E-state index is 11.3. The third-order valence-electron chi connectivity index (χ3n) is 2.44. The van der Waals surface area contributed by atoms with Crippen LogP contribution in [0.5, 0.6) is 0 Å².